The number of carboxylic acid groups (broad SMARTS) is 1. The van der Waals surface area contributed by atoms with E-state index in [2.05, 4.69) is 11.0 Å². The molecule has 118 valence electrons. The van der Waals surface area contributed by atoms with Gasteiger partial charge in [0.1, 0.15) is 10.6 Å². The standard InChI is InChI=1S/C13H20N2O4S2/c1-15-8-11(7-12(15)13(16)17)21(18,19)14-9-3-5-10(20-2)6-4-9/h7-10,14H,3-6H2,1-2H3,(H,16,17). The second kappa shape index (κ2) is 6.41. The normalized spacial score (nSPS) is 23.1. The zero-order valence-electron chi connectivity index (χ0n) is 12.1. The van der Waals surface area contributed by atoms with Gasteiger partial charge in [0.15, 0.2) is 0 Å². The second-order valence-corrected chi connectivity index (χ2v) is 8.16. The summed E-state index contributed by atoms with van der Waals surface area (Å²) >= 11 is 1.82. The van der Waals surface area contributed by atoms with E-state index in [1.807, 2.05) is 11.8 Å². The summed E-state index contributed by atoms with van der Waals surface area (Å²) in [5.74, 6) is -1.14. The van der Waals surface area contributed by atoms with Crippen LogP contribution < -0.4 is 4.72 Å². The van der Waals surface area contributed by atoms with E-state index >= 15 is 0 Å². The van der Waals surface area contributed by atoms with Gasteiger partial charge in [-0.25, -0.2) is 17.9 Å². The first-order valence-corrected chi connectivity index (χ1v) is 9.55. The monoisotopic (exact) mass is 332 g/mol. The zero-order valence-corrected chi connectivity index (χ0v) is 13.7. The number of sulfonamides is 1. The maximum absolute atomic E-state index is 12.3. The number of rotatable bonds is 5. The van der Waals surface area contributed by atoms with E-state index in [0.29, 0.717) is 5.25 Å². The summed E-state index contributed by atoms with van der Waals surface area (Å²) in [5.41, 5.74) is -0.0403. The van der Waals surface area contributed by atoms with Gasteiger partial charge in [0.25, 0.3) is 0 Å². The fourth-order valence-electron chi connectivity index (χ4n) is 2.60. The average molecular weight is 332 g/mol. The van der Waals surface area contributed by atoms with Crippen molar-refractivity contribution in [2.45, 2.75) is 41.9 Å². The fraction of sp³-hybridized carbons (Fsp3) is 0.615. The maximum atomic E-state index is 12.3. The highest BCUT2D eigenvalue weighted by atomic mass is 32.2. The van der Waals surface area contributed by atoms with Gasteiger partial charge in [-0.15, -0.1) is 0 Å². The molecule has 6 nitrogen and oxygen atoms in total. The quantitative estimate of drug-likeness (QED) is 0.856. The summed E-state index contributed by atoms with van der Waals surface area (Å²) in [6.07, 6.45) is 7.06. The van der Waals surface area contributed by atoms with Crippen molar-refractivity contribution in [1.82, 2.24) is 9.29 Å². The van der Waals surface area contributed by atoms with E-state index in [-0.39, 0.29) is 16.6 Å². The molecule has 8 heteroatoms. The summed E-state index contributed by atoms with van der Waals surface area (Å²) in [5, 5.41) is 9.60. The smallest absolute Gasteiger partial charge is 0.352 e. The van der Waals surface area contributed by atoms with Crippen LogP contribution in [0.5, 0.6) is 0 Å². The zero-order chi connectivity index (χ0) is 15.6. The van der Waals surface area contributed by atoms with Gasteiger partial charge in [0.05, 0.1) is 0 Å². The number of nitrogens with one attached hydrogen (secondary N) is 1. The number of aromatic nitrogens is 1. The van der Waals surface area contributed by atoms with Crippen molar-refractivity contribution in [3.63, 3.8) is 0 Å². The number of hydrogen-bond acceptors (Lipinski definition) is 4. The van der Waals surface area contributed by atoms with Crippen LogP contribution in [0.2, 0.25) is 0 Å². The van der Waals surface area contributed by atoms with Crippen LogP contribution in [0, 0.1) is 0 Å². The minimum absolute atomic E-state index is 0.00869. The third-order valence-electron chi connectivity index (χ3n) is 3.84. The van der Waals surface area contributed by atoms with Crippen LogP contribution in [0.1, 0.15) is 36.2 Å². The Morgan fingerprint density at radius 1 is 1.38 bits per heavy atom. The lowest BCUT2D eigenvalue weighted by Crippen LogP contribution is -2.37. The Hall–Kier alpha value is -0.990. The molecular formula is C13H20N2O4S2. The molecule has 2 N–H and O–H groups in total. The lowest BCUT2D eigenvalue weighted by molar-refractivity contribution is 0.0686. The third kappa shape index (κ3) is 3.81. The second-order valence-electron chi connectivity index (χ2n) is 5.31. The average Bonchev–Trinajstić information content (AvgIpc) is 2.82. The number of carbonyl (C=O) groups is 1. The van der Waals surface area contributed by atoms with Gasteiger partial charge in [-0.1, -0.05) is 0 Å². The van der Waals surface area contributed by atoms with E-state index in [4.69, 9.17) is 5.11 Å². The van der Waals surface area contributed by atoms with Crippen LogP contribution in [0.3, 0.4) is 0 Å². The lowest BCUT2D eigenvalue weighted by atomic mass is 9.96. The highest BCUT2D eigenvalue weighted by Gasteiger charge is 2.27. The molecule has 1 aromatic heterocycles. The predicted octanol–water partition coefficient (Wildman–Crippen LogP) is 1.68. The molecule has 1 heterocycles. The van der Waals surface area contributed by atoms with Gasteiger partial charge >= 0.3 is 5.97 Å². The Labute approximate surface area is 129 Å². The molecule has 0 bridgehead atoms. The molecule has 1 saturated carbocycles. The lowest BCUT2D eigenvalue weighted by Gasteiger charge is -2.27. The van der Waals surface area contributed by atoms with Crippen LogP contribution in [0.4, 0.5) is 0 Å². The van der Waals surface area contributed by atoms with Gasteiger partial charge in [0, 0.05) is 24.5 Å². The molecular weight excluding hydrogens is 312 g/mol. The maximum Gasteiger partial charge on any atom is 0.352 e. The fourth-order valence-corrected chi connectivity index (χ4v) is 4.72. The highest BCUT2D eigenvalue weighted by Crippen LogP contribution is 2.27. The molecule has 1 aliphatic carbocycles. The molecule has 0 aromatic carbocycles. The summed E-state index contributed by atoms with van der Waals surface area (Å²) in [4.78, 5) is 11.0. The Bertz CT molecular complexity index is 616. The van der Waals surface area contributed by atoms with Gasteiger partial charge in [-0.2, -0.15) is 11.8 Å². The molecule has 1 aliphatic rings. The Morgan fingerprint density at radius 2 is 2.00 bits per heavy atom. The van der Waals surface area contributed by atoms with E-state index < -0.39 is 16.0 Å². The van der Waals surface area contributed by atoms with Crippen molar-refractivity contribution in [1.29, 1.82) is 0 Å². The number of nitrogens with zero attached hydrogens (tertiary/aromatic N) is 1. The van der Waals surface area contributed by atoms with Gasteiger partial charge in [-0.05, 0) is 38.0 Å². The molecule has 2 rings (SSSR count). The van der Waals surface area contributed by atoms with Crippen LogP contribution in [0.15, 0.2) is 17.2 Å². The molecule has 0 unspecified atom stereocenters. The Kier molecular flexibility index (Phi) is 5.00. The molecule has 21 heavy (non-hydrogen) atoms. The van der Waals surface area contributed by atoms with Crippen molar-refractivity contribution >= 4 is 27.8 Å². The predicted molar refractivity (Wildman–Crippen MR) is 82.3 cm³/mol. The minimum atomic E-state index is -3.66. The van der Waals surface area contributed by atoms with Crippen molar-refractivity contribution in [2.75, 3.05) is 6.26 Å². The molecule has 0 aliphatic heterocycles. The van der Waals surface area contributed by atoms with Crippen molar-refractivity contribution < 1.29 is 18.3 Å². The Balaban J connectivity index is 2.09. The SMILES string of the molecule is CSC1CCC(NS(=O)(=O)c2cc(C(=O)O)n(C)c2)CC1. The van der Waals surface area contributed by atoms with Crippen molar-refractivity contribution in [3.8, 4) is 0 Å². The molecule has 0 saturated heterocycles. The first-order valence-electron chi connectivity index (χ1n) is 6.78. The minimum Gasteiger partial charge on any atom is -0.477 e. The van der Waals surface area contributed by atoms with Crippen LogP contribution in [0.25, 0.3) is 0 Å². The van der Waals surface area contributed by atoms with Gasteiger partial charge in [0.2, 0.25) is 10.0 Å². The molecule has 1 aromatic rings. The van der Waals surface area contributed by atoms with Crippen molar-refractivity contribution in [2.24, 2.45) is 7.05 Å². The van der Waals surface area contributed by atoms with Gasteiger partial charge < -0.3 is 9.67 Å². The Morgan fingerprint density at radius 3 is 2.48 bits per heavy atom. The molecule has 0 atom stereocenters. The summed E-state index contributed by atoms with van der Waals surface area (Å²) in [7, 11) is -2.14. The summed E-state index contributed by atoms with van der Waals surface area (Å²) in [6, 6.07) is 1.13. The topological polar surface area (TPSA) is 88.4 Å². The largest absolute Gasteiger partial charge is 0.477 e. The first-order chi connectivity index (χ1) is 9.83. The van der Waals surface area contributed by atoms with Crippen LogP contribution in [-0.4, -0.2) is 41.6 Å². The van der Waals surface area contributed by atoms with E-state index in [1.54, 1.807) is 0 Å². The van der Waals surface area contributed by atoms with E-state index in [0.717, 1.165) is 25.7 Å². The number of thioether (sulfide) groups is 1. The molecule has 0 amide bonds. The van der Waals surface area contributed by atoms with Crippen LogP contribution in [-0.2, 0) is 17.1 Å². The van der Waals surface area contributed by atoms with E-state index in [1.165, 1.54) is 23.9 Å². The molecule has 1 fully saturated rings. The molecule has 0 spiro atoms. The number of aromatic carboxylic acids is 1. The number of hydrogen-bond donors (Lipinski definition) is 2. The summed E-state index contributed by atoms with van der Waals surface area (Å²) in [6.45, 7) is 0. The van der Waals surface area contributed by atoms with Gasteiger partial charge in [-0.3, -0.25) is 0 Å². The highest BCUT2D eigenvalue weighted by molar-refractivity contribution is 7.99. The van der Waals surface area contributed by atoms with Crippen LogP contribution >= 0.6 is 11.8 Å². The van der Waals surface area contributed by atoms with Crippen molar-refractivity contribution in [3.05, 3.63) is 18.0 Å². The number of aryl methyl sites for hydroxylation is 1. The number of carboxylic acids is 1. The third-order valence-corrected chi connectivity index (χ3v) is 6.46. The molecule has 0 radical (unpaired) electrons. The first kappa shape index (κ1) is 16.4. The van der Waals surface area contributed by atoms with E-state index in [9.17, 15) is 13.2 Å². The summed E-state index contributed by atoms with van der Waals surface area (Å²) < 4.78 is 28.6.